The van der Waals surface area contributed by atoms with Crippen molar-refractivity contribution in [1.82, 2.24) is 5.23 Å². The van der Waals surface area contributed by atoms with Gasteiger partial charge in [-0.1, -0.05) is 65.9 Å². The average molecular weight is 337 g/mol. The molecule has 23 heavy (non-hydrogen) atoms. The predicted molar refractivity (Wildman–Crippen MR) is 88.3 cm³/mol. The van der Waals surface area contributed by atoms with Gasteiger partial charge in [-0.25, -0.2) is 0 Å². The van der Waals surface area contributed by atoms with Crippen LogP contribution in [0.1, 0.15) is 18.1 Å². The first-order valence-corrected chi connectivity index (χ1v) is 8.23. The molecule has 2 aromatic carbocycles. The van der Waals surface area contributed by atoms with E-state index in [-0.39, 0.29) is 16.7 Å². The summed E-state index contributed by atoms with van der Waals surface area (Å²) in [4.78, 5) is -0.102. The lowest BCUT2D eigenvalue weighted by molar-refractivity contribution is -0.303. The highest BCUT2D eigenvalue weighted by atomic mass is 32.2. The molecule has 0 heterocycles. The molecule has 0 spiro atoms. The Hall–Kier alpha value is -2.03. The fourth-order valence-corrected chi connectivity index (χ4v) is 2.33. The molecular formula is C16H19NO5S. The lowest BCUT2D eigenvalue weighted by atomic mass is 10.1. The van der Waals surface area contributed by atoms with Crippen molar-refractivity contribution in [2.24, 2.45) is 0 Å². The first-order chi connectivity index (χ1) is 10.8. The standard InChI is InChI=1S/C14H12O3S.C2H7NO2/c15-18(16,17)14(13-9-5-2-6-10-13)11-12-7-3-1-4-8-12;1-2-3(4)5/h1-11H,(H,15,16,17);4-5H,2H2,1H3. The van der Waals surface area contributed by atoms with E-state index in [0.717, 1.165) is 0 Å². The van der Waals surface area contributed by atoms with Crippen molar-refractivity contribution < 1.29 is 23.4 Å². The fourth-order valence-electron chi connectivity index (χ4n) is 1.61. The number of nitrogens with zero attached hydrogens (tertiary/aromatic N) is 1. The highest BCUT2D eigenvalue weighted by molar-refractivity contribution is 7.95. The number of rotatable bonds is 4. The van der Waals surface area contributed by atoms with Crippen LogP contribution in [0.15, 0.2) is 60.7 Å². The SMILES string of the molecule is CCN(O)O.O=S(=O)(O)C(=Cc1ccccc1)c1ccccc1. The van der Waals surface area contributed by atoms with Crippen molar-refractivity contribution in [1.29, 1.82) is 0 Å². The van der Waals surface area contributed by atoms with Gasteiger partial charge < -0.3 is 0 Å². The molecule has 6 nitrogen and oxygen atoms in total. The third-order valence-corrected chi connectivity index (χ3v) is 3.63. The van der Waals surface area contributed by atoms with Crippen LogP contribution in [-0.4, -0.2) is 35.2 Å². The van der Waals surface area contributed by atoms with Gasteiger partial charge in [0, 0.05) is 6.54 Å². The number of hydroxylamine groups is 2. The Labute approximate surface area is 135 Å². The van der Waals surface area contributed by atoms with Gasteiger partial charge >= 0.3 is 0 Å². The molecule has 0 aliphatic rings. The van der Waals surface area contributed by atoms with Gasteiger partial charge in [-0.2, -0.15) is 8.42 Å². The largest absolute Gasteiger partial charge is 0.295 e. The number of hydrogen-bond acceptors (Lipinski definition) is 5. The summed E-state index contributed by atoms with van der Waals surface area (Å²) in [5, 5.41) is 15.6. The van der Waals surface area contributed by atoms with Crippen LogP contribution in [0.2, 0.25) is 0 Å². The van der Waals surface area contributed by atoms with Gasteiger partial charge in [0.05, 0.1) is 0 Å². The van der Waals surface area contributed by atoms with Crippen molar-refractivity contribution >= 4 is 21.1 Å². The molecule has 0 amide bonds. The number of benzene rings is 2. The maximum atomic E-state index is 11.4. The van der Waals surface area contributed by atoms with Crippen LogP contribution in [0, 0.1) is 0 Å². The van der Waals surface area contributed by atoms with Gasteiger partial charge in [-0.05, 0) is 24.1 Å². The summed E-state index contributed by atoms with van der Waals surface area (Å²) >= 11 is 0. The Morgan fingerprint density at radius 2 is 1.43 bits per heavy atom. The first kappa shape index (κ1) is 19.0. The third kappa shape index (κ3) is 7.18. The van der Waals surface area contributed by atoms with E-state index in [9.17, 15) is 13.0 Å². The number of hydrogen-bond donors (Lipinski definition) is 3. The minimum Gasteiger partial charge on any atom is -0.290 e. The van der Waals surface area contributed by atoms with E-state index in [1.165, 1.54) is 6.08 Å². The summed E-state index contributed by atoms with van der Waals surface area (Å²) in [6.45, 7) is 1.88. The molecule has 7 heteroatoms. The highest BCUT2D eigenvalue weighted by Gasteiger charge is 2.15. The smallest absolute Gasteiger partial charge is 0.290 e. The van der Waals surface area contributed by atoms with Crippen molar-refractivity contribution in [3.8, 4) is 0 Å². The van der Waals surface area contributed by atoms with Crippen molar-refractivity contribution in [2.45, 2.75) is 6.92 Å². The van der Waals surface area contributed by atoms with Gasteiger partial charge in [0.2, 0.25) is 0 Å². The third-order valence-electron chi connectivity index (χ3n) is 2.72. The Bertz CT molecular complexity index is 713. The quantitative estimate of drug-likeness (QED) is 0.450. The minimum atomic E-state index is -4.26. The first-order valence-electron chi connectivity index (χ1n) is 6.79. The summed E-state index contributed by atoms with van der Waals surface area (Å²) in [6.07, 6.45) is 1.45. The molecule has 0 saturated heterocycles. The molecule has 0 fully saturated rings. The van der Waals surface area contributed by atoms with E-state index in [1.54, 1.807) is 61.5 Å². The molecule has 2 aromatic rings. The van der Waals surface area contributed by atoms with Crippen LogP contribution in [0.25, 0.3) is 11.0 Å². The predicted octanol–water partition coefficient (Wildman–Crippen LogP) is 3.16. The van der Waals surface area contributed by atoms with E-state index in [2.05, 4.69) is 0 Å². The molecule has 0 bridgehead atoms. The second-order valence-corrected chi connectivity index (χ2v) is 5.84. The highest BCUT2D eigenvalue weighted by Crippen LogP contribution is 2.22. The molecule has 0 saturated carbocycles. The van der Waals surface area contributed by atoms with Crippen LogP contribution in [-0.2, 0) is 10.1 Å². The minimum absolute atomic E-state index is 0.102. The second kappa shape index (κ2) is 9.19. The molecule has 0 aliphatic carbocycles. The normalized spacial score (nSPS) is 11.8. The molecule has 0 aliphatic heterocycles. The Kier molecular flexibility index (Phi) is 7.60. The molecule has 2 rings (SSSR count). The summed E-state index contributed by atoms with van der Waals surface area (Å²) in [5.74, 6) is 0. The van der Waals surface area contributed by atoms with Crippen LogP contribution in [0.5, 0.6) is 0 Å². The zero-order chi connectivity index (χ0) is 17.3. The molecule has 0 aromatic heterocycles. The van der Waals surface area contributed by atoms with E-state index in [1.807, 2.05) is 6.07 Å². The van der Waals surface area contributed by atoms with E-state index in [4.69, 9.17) is 10.4 Å². The lowest BCUT2D eigenvalue weighted by Gasteiger charge is -2.04. The second-order valence-electron chi connectivity index (χ2n) is 4.45. The van der Waals surface area contributed by atoms with Crippen molar-refractivity contribution in [3.63, 3.8) is 0 Å². The molecule has 3 N–H and O–H groups in total. The van der Waals surface area contributed by atoms with Crippen molar-refractivity contribution in [3.05, 3.63) is 71.8 Å². The van der Waals surface area contributed by atoms with Gasteiger partial charge in [0.1, 0.15) is 4.91 Å². The van der Waals surface area contributed by atoms with Gasteiger partial charge in [-0.15, -0.1) is 0 Å². The summed E-state index contributed by atoms with van der Waals surface area (Å²) < 4.78 is 32.1. The molecule has 124 valence electrons. The van der Waals surface area contributed by atoms with Crippen LogP contribution in [0.3, 0.4) is 0 Å². The molecule has 0 unspecified atom stereocenters. The van der Waals surface area contributed by atoms with Crippen LogP contribution < -0.4 is 0 Å². The van der Waals surface area contributed by atoms with Crippen LogP contribution in [0.4, 0.5) is 0 Å². The Morgan fingerprint density at radius 1 is 1.00 bits per heavy atom. The Morgan fingerprint density at radius 3 is 1.83 bits per heavy atom. The van der Waals surface area contributed by atoms with E-state index < -0.39 is 10.1 Å². The summed E-state index contributed by atoms with van der Waals surface area (Å²) in [6, 6.07) is 17.5. The average Bonchev–Trinajstić information content (AvgIpc) is 2.54. The molecule has 0 radical (unpaired) electrons. The lowest BCUT2D eigenvalue weighted by Crippen LogP contribution is -2.10. The van der Waals surface area contributed by atoms with Gasteiger partial charge in [-0.3, -0.25) is 15.0 Å². The maximum absolute atomic E-state index is 11.4. The van der Waals surface area contributed by atoms with Gasteiger partial charge in [0.25, 0.3) is 10.1 Å². The van der Waals surface area contributed by atoms with Crippen LogP contribution >= 0.6 is 0 Å². The molecular weight excluding hydrogens is 318 g/mol. The monoisotopic (exact) mass is 337 g/mol. The van der Waals surface area contributed by atoms with E-state index >= 15 is 0 Å². The topological polar surface area (TPSA) is 98.1 Å². The van der Waals surface area contributed by atoms with Gasteiger partial charge in [0.15, 0.2) is 0 Å². The maximum Gasteiger partial charge on any atom is 0.295 e. The zero-order valence-electron chi connectivity index (χ0n) is 12.6. The summed E-state index contributed by atoms with van der Waals surface area (Å²) in [5.41, 5.74) is 1.18. The van der Waals surface area contributed by atoms with E-state index in [0.29, 0.717) is 11.1 Å². The Balaban J connectivity index is 0.000000463. The van der Waals surface area contributed by atoms with Crippen molar-refractivity contribution in [2.75, 3.05) is 6.54 Å². The zero-order valence-corrected chi connectivity index (χ0v) is 13.4. The fraction of sp³-hybridized carbons (Fsp3) is 0.125. The molecule has 0 atom stereocenters. The summed E-state index contributed by atoms with van der Waals surface area (Å²) in [7, 11) is -4.26.